The van der Waals surface area contributed by atoms with Crippen molar-refractivity contribution in [3.63, 3.8) is 0 Å². The van der Waals surface area contributed by atoms with Gasteiger partial charge in [-0.3, -0.25) is 4.98 Å². The Bertz CT molecular complexity index is 303. The molecule has 1 saturated heterocycles. The molecule has 2 heteroatoms. The van der Waals surface area contributed by atoms with E-state index in [-0.39, 0.29) is 0 Å². The summed E-state index contributed by atoms with van der Waals surface area (Å²) in [4.78, 5) is 4.33. The lowest BCUT2D eigenvalue weighted by Gasteiger charge is -2.26. The van der Waals surface area contributed by atoms with Gasteiger partial charge < -0.3 is 5.32 Å². The maximum atomic E-state index is 4.33. The number of hydrogen-bond acceptors (Lipinski definition) is 2. The molecule has 13 heavy (non-hydrogen) atoms. The number of aromatic nitrogens is 1. The number of hydrogen-bond donors (Lipinski definition) is 1. The molecular formula is C11H14N2. The van der Waals surface area contributed by atoms with Gasteiger partial charge in [-0.15, -0.1) is 0 Å². The van der Waals surface area contributed by atoms with E-state index >= 15 is 0 Å². The minimum Gasteiger partial charge on any atom is -0.316 e. The second kappa shape index (κ2) is 3.71. The van der Waals surface area contributed by atoms with E-state index in [1.54, 1.807) is 0 Å². The average Bonchev–Trinajstić information content (AvgIpc) is 2.12. The van der Waals surface area contributed by atoms with Gasteiger partial charge in [0.1, 0.15) is 0 Å². The van der Waals surface area contributed by atoms with E-state index < -0.39 is 0 Å². The predicted molar refractivity (Wildman–Crippen MR) is 54.4 cm³/mol. The van der Waals surface area contributed by atoms with E-state index in [0.717, 1.165) is 31.0 Å². The van der Waals surface area contributed by atoms with Crippen molar-refractivity contribution in [2.45, 2.75) is 6.42 Å². The summed E-state index contributed by atoms with van der Waals surface area (Å²) in [6.07, 6.45) is 4.82. The summed E-state index contributed by atoms with van der Waals surface area (Å²) >= 11 is 0. The van der Waals surface area contributed by atoms with Crippen LogP contribution < -0.4 is 5.32 Å². The molecule has 1 N–H and O–H groups in total. The van der Waals surface area contributed by atoms with Crippen molar-refractivity contribution in [2.24, 2.45) is 5.92 Å². The Labute approximate surface area is 78.7 Å². The molecule has 1 aliphatic heterocycles. The molecule has 0 amide bonds. The van der Waals surface area contributed by atoms with Gasteiger partial charge >= 0.3 is 0 Å². The third-order valence-corrected chi connectivity index (χ3v) is 2.44. The molecule has 0 bridgehead atoms. The molecule has 1 fully saturated rings. The zero-order chi connectivity index (χ0) is 9.10. The Morgan fingerprint density at radius 3 is 3.08 bits per heavy atom. The molecule has 0 radical (unpaired) electrons. The zero-order valence-corrected chi connectivity index (χ0v) is 7.66. The third-order valence-electron chi connectivity index (χ3n) is 2.44. The highest BCUT2D eigenvalue weighted by atomic mass is 14.9. The summed E-state index contributed by atoms with van der Waals surface area (Å²) in [5, 5.41) is 3.26. The maximum absolute atomic E-state index is 4.33. The van der Waals surface area contributed by atoms with Crippen LogP contribution in [-0.2, 0) is 6.42 Å². The second-order valence-electron chi connectivity index (χ2n) is 3.51. The van der Waals surface area contributed by atoms with Crippen molar-refractivity contribution < 1.29 is 0 Å². The summed E-state index contributed by atoms with van der Waals surface area (Å²) in [7, 11) is 0. The van der Waals surface area contributed by atoms with Crippen LogP contribution in [-0.4, -0.2) is 18.1 Å². The third kappa shape index (κ3) is 1.95. The second-order valence-corrected chi connectivity index (χ2v) is 3.51. The minimum atomic E-state index is 0.785. The quantitative estimate of drug-likeness (QED) is 0.751. The Kier molecular flexibility index (Phi) is 2.41. The summed E-state index contributed by atoms with van der Waals surface area (Å²) in [6.45, 7) is 6.02. The average molecular weight is 174 g/mol. The van der Waals surface area contributed by atoms with Crippen LogP contribution in [0.25, 0.3) is 6.08 Å². The summed E-state index contributed by atoms with van der Waals surface area (Å²) < 4.78 is 0. The number of nitrogens with one attached hydrogen (secondary N) is 1. The van der Waals surface area contributed by atoms with Gasteiger partial charge in [-0.05, 0) is 43.1 Å². The van der Waals surface area contributed by atoms with Crippen molar-refractivity contribution in [2.75, 3.05) is 13.1 Å². The van der Waals surface area contributed by atoms with E-state index in [1.165, 1.54) is 5.69 Å². The molecule has 68 valence electrons. The van der Waals surface area contributed by atoms with Gasteiger partial charge in [0.15, 0.2) is 0 Å². The molecule has 1 aliphatic rings. The van der Waals surface area contributed by atoms with E-state index in [1.807, 2.05) is 18.3 Å². The van der Waals surface area contributed by atoms with Gasteiger partial charge in [0.05, 0.1) is 0 Å². The Morgan fingerprint density at radius 2 is 2.46 bits per heavy atom. The lowest BCUT2D eigenvalue weighted by Crippen LogP contribution is -2.43. The monoisotopic (exact) mass is 174 g/mol. The van der Waals surface area contributed by atoms with Crippen molar-refractivity contribution in [3.05, 3.63) is 36.2 Å². The van der Waals surface area contributed by atoms with Gasteiger partial charge in [-0.25, -0.2) is 0 Å². The van der Waals surface area contributed by atoms with E-state index in [0.29, 0.717) is 0 Å². The van der Waals surface area contributed by atoms with Gasteiger partial charge in [0.2, 0.25) is 0 Å². The van der Waals surface area contributed by atoms with Gasteiger partial charge in [0.25, 0.3) is 0 Å². The van der Waals surface area contributed by atoms with Crippen LogP contribution >= 0.6 is 0 Å². The first-order chi connectivity index (χ1) is 6.38. The smallest absolute Gasteiger partial charge is 0.0413 e. The fourth-order valence-corrected chi connectivity index (χ4v) is 1.52. The van der Waals surface area contributed by atoms with Crippen molar-refractivity contribution in [3.8, 4) is 0 Å². The molecular weight excluding hydrogens is 160 g/mol. The first-order valence-corrected chi connectivity index (χ1v) is 4.66. The Balaban J connectivity index is 2.05. The minimum absolute atomic E-state index is 0.785. The van der Waals surface area contributed by atoms with Crippen LogP contribution in [0.2, 0.25) is 0 Å². The van der Waals surface area contributed by atoms with Crippen LogP contribution in [0.1, 0.15) is 11.3 Å². The number of pyridine rings is 1. The maximum Gasteiger partial charge on any atom is 0.0413 e. The normalized spacial score (nSPS) is 16.6. The Morgan fingerprint density at radius 1 is 1.62 bits per heavy atom. The highest BCUT2D eigenvalue weighted by Crippen LogP contribution is 2.12. The van der Waals surface area contributed by atoms with Crippen molar-refractivity contribution in [1.82, 2.24) is 10.3 Å². The fourth-order valence-electron chi connectivity index (χ4n) is 1.52. The SMILES string of the molecule is C=Cc1ccnc(CC2CNC2)c1. The molecule has 0 unspecified atom stereocenters. The molecule has 1 aromatic heterocycles. The van der Waals surface area contributed by atoms with Crippen LogP contribution in [0.4, 0.5) is 0 Å². The lowest BCUT2D eigenvalue weighted by molar-refractivity contribution is 0.344. The molecule has 0 aliphatic carbocycles. The highest BCUT2D eigenvalue weighted by molar-refractivity contribution is 5.46. The largest absolute Gasteiger partial charge is 0.316 e. The molecule has 0 aromatic carbocycles. The van der Waals surface area contributed by atoms with E-state index in [9.17, 15) is 0 Å². The summed E-state index contributed by atoms with van der Waals surface area (Å²) in [5.41, 5.74) is 2.35. The highest BCUT2D eigenvalue weighted by Gasteiger charge is 2.17. The predicted octanol–water partition coefficient (Wildman–Crippen LogP) is 1.49. The molecule has 1 aromatic rings. The molecule has 0 saturated carbocycles. The van der Waals surface area contributed by atoms with Gasteiger partial charge in [-0.1, -0.05) is 12.7 Å². The number of nitrogens with zero attached hydrogens (tertiary/aromatic N) is 1. The molecule has 0 atom stereocenters. The molecule has 2 heterocycles. The van der Waals surface area contributed by atoms with E-state index in [4.69, 9.17) is 0 Å². The van der Waals surface area contributed by atoms with Crippen molar-refractivity contribution in [1.29, 1.82) is 0 Å². The summed E-state index contributed by atoms with van der Waals surface area (Å²) in [5.74, 6) is 0.785. The summed E-state index contributed by atoms with van der Waals surface area (Å²) in [6, 6.07) is 4.10. The lowest BCUT2D eigenvalue weighted by atomic mass is 9.97. The van der Waals surface area contributed by atoms with Gasteiger partial charge in [-0.2, -0.15) is 0 Å². The van der Waals surface area contributed by atoms with Crippen LogP contribution in [0.3, 0.4) is 0 Å². The molecule has 2 nitrogen and oxygen atoms in total. The van der Waals surface area contributed by atoms with Crippen molar-refractivity contribution >= 4 is 6.08 Å². The van der Waals surface area contributed by atoms with Crippen LogP contribution in [0.15, 0.2) is 24.9 Å². The van der Waals surface area contributed by atoms with E-state index in [2.05, 4.69) is 22.9 Å². The topological polar surface area (TPSA) is 24.9 Å². The Hall–Kier alpha value is -1.15. The molecule has 2 rings (SSSR count). The van der Waals surface area contributed by atoms with Crippen LogP contribution in [0, 0.1) is 5.92 Å². The number of rotatable bonds is 3. The first-order valence-electron chi connectivity index (χ1n) is 4.66. The van der Waals surface area contributed by atoms with Gasteiger partial charge in [0, 0.05) is 11.9 Å². The fraction of sp³-hybridized carbons (Fsp3) is 0.364. The van der Waals surface area contributed by atoms with Crippen LogP contribution in [0.5, 0.6) is 0 Å². The standard InChI is InChI=1S/C11H14N2/c1-2-9-3-4-13-11(5-9)6-10-7-12-8-10/h2-5,10,12H,1,6-8H2. The first kappa shape index (κ1) is 8.45. The molecule has 0 spiro atoms. The zero-order valence-electron chi connectivity index (χ0n) is 7.66.